The Bertz CT molecular complexity index is 616. The molecule has 112 valence electrons. The molecular formula is C16H16BrClO2S. The minimum absolute atomic E-state index is 0.255. The molecule has 0 radical (unpaired) electrons. The molecular weight excluding hydrogens is 372 g/mol. The zero-order chi connectivity index (χ0) is 15.4. The minimum atomic E-state index is -0.255. The van der Waals surface area contributed by atoms with Gasteiger partial charge in [-0.1, -0.05) is 28.1 Å². The number of ether oxygens (including phenoxy) is 2. The second-order valence-electron chi connectivity index (χ2n) is 4.36. The smallest absolute Gasteiger partial charge is 0.161 e. The molecule has 2 rings (SSSR count). The lowest BCUT2D eigenvalue weighted by molar-refractivity contribution is 0.354. The number of thioether (sulfide) groups is 1. The summed E-state index contributed by atoms with van der Waals surface area (Å²) in [4.78, 5) is 1.22. The van der Waals surface area contributed by atoms with Crippen LogP contribution in [0.1, 0.15) is 16.5 Å². The molecule has 21 heavy (non-hydrogen) atoms. The van der Waals surface area contributed by atoms with Crippen molar-refractivity contribution in [1.29, 1.82) is 0 Å². The first-order chi connectivity index (χ1) is 10.1. The van der Waals surface area contributed by atoms with Crippen molar-refractivity contribution in [3.8, 4) is 11.5 Å². The minimum Gasteiger partial charge on any atom is -0.493 e. The Morgan fingerprint density at radius 2 is 1.62 bits per heavy atom. The van der Waals surface area contributed by atoms with Crippen molar-refractivity contribution in [2.45, 2.75) is 10.3 Å². The Kier molecular flexibility index (Phi) is 5.85. The van der Waals surface area contributed by atoms with E-state index in [1.54, 1.807) is 26.0 Å². The van der Waals surface area contributed by atoms with Crippen LogP contribution in [-0.2, 0) is 0 Å². The highest BCUT2D eigenvalue weighted by atomic mass is 79.9. The number of methoxy groups -OCH3 is 2. The van der Waals surface area contributed by atoms with Crippen LogP contribution in [0.4, 0.5) is 0 Å². The van der Waals surface area contributed by atoms with Gasteiger partial charge in [-0.2, -0.15) is 0 Å². The molecule has 0 aliphatic carbocycles. The molecule has 0 saturated heterocycles. The van der Waals surface area contributed by atoms with Crippen LogP contribution in [0.25, 0.3) is 0 Å². The molecule has 0 amide bonds. The molecule has 0 aliphatic heterocycles. The molecule has 1 atom stereocenters. The van der Waals surface area contributed by atoms with Gasteiger partial charge >= 0.3 is 0 Å². The second-order valence-corrected chi connectivity index (χ2v) is 6.53. The van der Waals surface area contributed by atoms with Crippen molar-refractivity contribution in [3.05, 3.63) is 52.0 Å². The van der Waals surface area contributed by atoms with Crippen molar-refractivity contribution >= 4 is 39.3 Å². The van der Waals surface area contributed by atoms with Crippen molar-refractivity contribution in [2.24, 2.45) is 0 Å². The Morgan fingerprint density at radius 1 is 1.05 bits per heavy atom. The van der Waals surface area contributed by atoms with Gasteiger partial charge in [-0.25, -0.2) is 0 Å². The summed E-state index contributed by atoms with van der Waals surface area (Å²) in [5.74, 6) is 1.34. The molecule has 0 aromatic heterocycles. The van der Waals surface area contributed by atoms with Crippen molar-refractivity contribution in [1.82, 2.24) is 0 Å². The van der Waals surface area contributed by atoms with Crippen LogP contribution in [-0.4, -0.2) is 20.5 Å². The summed E-state index contributed by atoms with van der Waals surface area (Å²) in [5, 5.41) is -0.255. The average Bonchev–Trinajstić information content (AvgIpc) is 2.54. The van der Waals surface area contributed by atoms with Gasteiger partial charge < -0.3 is 9.47 Å². The van der Waals surface area contributed by atoms with Gasteiger partial charge in [-0.15, -0.1) is 23.4 Å². The molecule has 2 aromatic carbocycles. The third-order valence-electron chi connectivity index (χ3n) is 3.18. The highest BCUT2D eigenvalue weighted by Gasteiger charge is 2.18. The van der Waals surface area contributed by atoms with E-state index in [4.69, 9.17) is 21.1 Å². The second kappa shape index (κ2) is 7.43. The summed E-state index contributed by atoms with van der Waals surface area (Å²) in [5.41, 5.74) is 1.99. The first kappa shape index (κ1) is 16.5. The van der Waals surface area contributed by atoms with E-state index in [0.717, 1.165) is 15.6 Å². The summed E-state index contributed by atoms with van der Waals surface area (Å²) in [6.07, 6.45) is 2.05. The average molecular weight is 388 g/mol. The van der Waals surface area contributed by atoms with Crippen LogP contribution in [0, 0.1) is 0 Å². The summed E-state index contributed by atoms with van der Waals surface area (Å²) in [7, 11) is 3.23. The van der Waals surface area contributed by atoms with Crippen LogP contribution < -0.4 is 9.47 Å². The van der Waals surface area contributed by atoms with Gasteiger partial charge in [0, 0.05) is 9.37 Å². The van der Waals surface area contributed by atoms with Crippen LogP contribution >= 0.6 is 39.3 Å². The van der Waals surface area contributed by atoms with Gasteiger partial charge in [0.1, 0.15) is 0 Å². The predicted octanol–water partition coefficient (Wildman–Crippen LogP) is 5.52. The van der Waals surface area contributed by atoms with Crippen LogP contribution in [0.5, 0.6) is 11.5 Å². The normalized spacial score (nSPS) is 12.0. The van der Waals surface area contributed by atoms with Crippen LogP contribution in [0.2, 0.25) is 0 Å². The van der Waals surface area contributed by atoms with Gasteiger partial charge in [0.15, 0.2) is 11.5 Å². The first-order valence-corrected chi connectivity index (χ1v) is 8.75. The monoisotopic (exact) mass is 386 g/mol. The number of hydrogen-bond acceptors (Lipinski definition) is 3. The van der Waals surface area contributed by atoms with E-state index in [-0.39, 0.29) is 5.38 Å². The van der Waals surface area contributed by atoms with E-state index in [0.29, 0.717) is 11.5 Å². The maximum Gasteiger partial charge on any atom is 0.161 e. The number of halogens is 2. The van der Waals surface area contributed by atoms with Gasteiger partial charge in [0.05, 0.1) is 19.6 Å². The highest BCUT2D eigenvalue weighted by molar-refractivity contribution is 9.10. The van der Waals surface area contributed by atoms with E-state index >= 15 is 0 Å². The summed E-state index contributed by atoms with van der Waals surface area (Å²) >= 11 is 11.9. The lowest BCUT2D eigenvalue weighted by Gasteiger charge is -2.16. The third kappa shape index (κ3) is 3.68. The summed E-state index contributed by atoms with van der Waals surface area (Å²) < 4.78 is 11.5. The van der Waals surface area contributed by atoms with Gasteiger partial charge in [0.25, 0.3) is 0 Å². The highest BCUT2D eigenvalue weighted by Crippen LogP contribution is 2.40. The fraction of sp³-hybridized carbons (Fsp3) is 0.250. The molecule has 0 spiro atoms. The van der Waals surface area contributed by atoms with Crippen molar-refractivity contribution in [3.63, 3.8) is 0 Å². The lowest BCUT2D eigenvalue weighted by Crippen LogP contribution is -1.98. The molecule has 5 heteroatoms. The maximum atomic E-state index is 6.62. The van der Waals surface area contributed by atoms with E-state index in [1.807, 2.05) is 24.3 Å². The standard InChI is InChI=1S/C16H16BrClO2S/c1-19-14-8-12(13(17)9-15(14)20-2)16(18)10-4-6-11(21-3)7-5-10/h4-9,16H,1-3H3. The van der Waals surface area contributed by atoms with Gasteiger partial charge in [-0.05, 0) is 41.6 Å². The predicted molar refractivity (Wildman–Crippen MR) is 93.2 cm³/mol. The Balaban J connectivity index is 2.39. The molecule has 1 unspecified atom stereocenters. The topological polar surface area (TPSA) is 18.5 Å². The zero-order valence-electron chi connectivity index (χ0n) is 12.0. The van der Waals surface area contributed by atoms with Gasteiger partial charge in [0.2, 0.25) is 0 Å². The summed E-state index contributed by atoms with van der Waals surface area (Å²) in [6.45, 7) is 0. The number of rotatable bonds is 5. The number of hydrogen-bond donors (Lipinski definition) is 0. The fourth-order valence-corrected chi connectivity index (χ4v) is 3.43. The van der Waals surface area contributed by atoms with E-state index in [2.05, 4.69) is 34.3 Å². The van der Waals surface area contributed by atoms with Crippen molar-refractivity contribution in [2.75, 3.05) is 20.5 Å². The molecule has 0 fully saturated rings. The van der Waals surface area contributed by atoms with Crippen LogP contribution in [0.3, 0.4) is 0 Å². The zero-order valence-corrected chi connectivity index (χ0v) is 15.2. The van der Waals surface area contributed by atoms with Crippen molar-refractivity contribution < 1.29 is 9.47 Å². The maximum absolute atomic E-state index is 6.62. The molecule has 0 heterocycles. The largest absolute Gasteiger partial charge is 0.493 e. The van der Waals surface area contributed by atoms with E-state index in [9.17, 15) is 0 Å². The number of alkyl halides is 1. The molecule has 0 saturated carbocycles. The summed E-state index contributed by atoms with van der Waals surface area (Å²) in [6, 6.07) is 12.0. The molecule has 2 nitrogen and oxygen atoms in total. The molecule has 0 N–H and O–H groups in total. The molecule has 0 aliphatic rings. The molecule has 0 bridgehead atoms. The molecule has 2 aromatic rings. The fourth-order valence-electron chi connectivity index (χ4n) is 2.02. The van der Waals surface area contributed by atoms with E-state index in [1.165, 1.54) is 4.90 Å². The quantitative estimate of drug-likeness (QED) is 0.497. The first-order valence-electron chi connectivity index (χ1n) is 6.30. The van der Waals surface area contributed by atoms with Gasteiger partial charge in [-0.3, -0.25) is 0 Å². The third-order valence-corrected chi connectivity index (χ3v) is 5.10. The number of benzene rings is 2. The van der Waals surface area contributed by atoms with Crippen LogP contribution in [0.15, 0.2) is 45.8 Å². The Labute approximate surface area is 142 Å². The van der Waals surface area contributed by atoms with E-state index < -0.39 is 0 Å². The Morgan fingerprint density at radius 3 is 2.14 bits per heavy atom. The SMILES string of the molecule is COc1cc(Br)c(C(Cl)c2ccc(SC)cc2)cc1OC. The lowest BCUT2D eigenvalue weighted by atomic mass is 10.0. The Hall–Kier alpha value is -0.840.